The van der Waals surface area contributed by atoms with E-state index in [9.17, 15) is 0 Å². The van der Waals surface area contributed by atoms with Crippen LogP contribution in [-0.2, 0) is 6.54 Å². The Morgan fingerprint density at radius 1 is 1.20 bits per heavy atom. The van der Waals surface area contributed by atoms with E-state index in [1.807, 2.05) is 29.1 Å². The van der Waals surface area contributed by atoms with Gasteiger partial charge in [-0.25, -0.2) is 4.68 Å². The summed E-state index contributed by atoms with van der Waals surface area (Å²) >= 11 is 0. The van der Waals surface area contributed by atoms with Crippen LogP contribution in [0.4, 0.5) is 0 Å². The molecule has 1 aliphatic rings. The highest BCUT2D eigenvalue weighted by Crippen LogP contribution is 2.15. The van der Waals surface area contributed by atoms with Gasteiger partial charge < -0.3 is 5.73 Å². The van der Waals surface area contributed by atoms with Crippen molar-refractivity contribution in [2.75, 3.05) is 13.1 Å². The summed E-state index contributed by atoms with van der Waals surface area (Å²) in [4.78, 5) is 2.42. The summed E-state index contributed by atoms with van der Waals surface area (Å²) in [6, 6.07) is 12.7. The van der Waals surface area contributed by atoms with E-state index < -0.39 is 0 Å². The van der Waals surface area contributed by atoms with Gasteiger partial charge in [-0.1, -0.05) is 18.2 Å². The fourth-order valence-corrected chi connectivity index (χ4v) is 2.72. The zero-order chi connectivity index (χ0) is 13.1. The molecule has 0 saturated carbocycles. The van der Waals surface area contributed by atoms with Gasteiger partial charge >= 0.3 is 0 Å². The molecule has 2 aromatic rings. The summed E-state index contributed by atoms with van der Waals surface area (Å²) in [5, 5.41) is 4.43. The molecule has 3 rings (SSSR count). The highest BCUT2D eigenvalue weighted by atomic mass is 35.5. The summed E-state index contributed by atoms with van der Waals surface area (Å²) in [6.07, 6.45) is 4.21. The smallest absolute Gasteiger partial charge is 0.0649 e. The third-order valence-electron chi connectivity index (χ3n) is 3.65. The van der Waals surface area contributed by atoms with E-state index in [-0.39, 0.29) is 12.4 Å². The second kappa shape index (κ2) is 6.88. The van der Waals surface area contributed by atoms with Crippen LogP contribution in [0.25, 0.3) is 5.69 Å². The lowest BCUT2D eigenvalue weighted by Crippen LogP contribution is -2.42. The molecule has 1 aromatic carbocycles. The number of rotatable bonds is 3. The van der Waals surface area contributed by atoms with Gasteiger partial charge in [-0.05, 0) is 37.6 Å². The van der Waals surface area contributed by atoms with Crippen LogP contribution in [0.15, 0.2) is 42.6 Å². The molecule has 0 aliphatic carbocycles. The molecule has 2 heterocycles. The SMILES string of the molecule is Cl.N[C@@H]1CCCN(Cc2ccnn2-c2ccccc2)C1. The maximum atomic E-state index is 6.04. The van der Waals surface area contributed by atoms with Gasteiger partial charge in [0.25, 0.3) is 0 Å². The Bertz CT molecular complexity index is 526. The number of nitrogens with zero attached hydrogens (tertiary/aromatic N) is 3. The van der Waals surface area contributed by atoms with Crippen molar-refractivity contribution >= 4 is 12.4 Å². The number of hydrogen-bond acceptors (Lipinski definition) is 3. The van der Waals surface area contributed by atoms with Crippen molar-refractivity contribution < 1.29 is 0 Å². The molecule has 1 atom stereocenters. The molecule has 2 N–H and O–H groups in total. The zero-order valence-electron chi connectivity index (χ0n) is 11.5. The molecule has 1 fully saturated rings. The van der Waals surface area contributed by atoms with Crippen molar-refractivity contribution in [3.05, 3.63) is 48.3 Å². The van der Waals surface area contributed by atoms with Crippen LogP contribution in [0, 0.1) is 0 Å². The monoisotopic (exact) mass is 292 g/mol. The standard InChI is InChI=1S/C15H20N4.ClH/c16-13-5-4-10-18(11-13)12-15-8-9-17-19(15)14-6-2-1-3-7-14;/h1-3,6-9,13H,4-5,10-12,16H2;1H/t13-;/m1./s1. The Morgan fingerprint density at radius 2 is 2.00 bits per heavy atom. The van der Waals surface area contributed by atoms with Crippen molar-refractivity contribution in [1.82, 2.24) is 14.7 Å². The first-order valence-corrected chi connectivity index (χ1v) is 6.89. The first kappa shape index (κ1) is 15.0. The topological polar surface area (TPSA) is 47.1 Å². The average Bonchev–Trinajstić information content (AvgIpc) is 2.88. The van der Waals surface area contributed by atoms with Gasteiger partial charge in [-0.15, -0.1) is 12.4 Å². The molecule has 1 saturated heterocycles. The average molecular weight is 293 g/mol. The second-order valence-electron chi connectivity index (χ2n) is 5.21. The van der Waals surface area contributed by atoms with E-state index >= 15 is 0 Å². The van der Waals surface area contributed by atoms with E-state index in [1.165, 1.54) is 12.1 Å². The summed E-state index contributed by atoms with van der Waals surface area (Å²) in [6.45, 7) is 3.04. The lowest BCUT2D eigenvalue weighted by Gasteiger charge is -2.30. The number of para-hydroxylation sites is 1. The lowest BCUT2D eigenvalue weighted by molar-refractivity contribution is 0.198. The molecule has 1 aromatic heterocycles. The van der Waals surface area contributed by atoms with Crippen molar-refractivity contribution in [2.45, 2.75) is 25.4 Å². The number of aromatic nitrogens is 2. The van der Waals surface area contributed by atoms with Crippen LogP contribution >= 0.6 is 12.4 Å². The fraction of sp³-hybridized carbons (Fsp3) is 0.400. The van der Waals surface area contributed by atoms with Crippen LogP contribution < -0.4 is 5.73 Å². The zero-order valence-corrected chi connectivity index (χ0v) is 12.3. The second-order valence-corrected chi connectivity index (χ2v) is 5.21. The van der Waals surface area contributed by atoms with Gasteiger partial charge in [0.05, 0.1) is 11.4 Å². The molecule has 0 unspecified atom stereocenters. The van der Waals surface area contributed by atoms with Crippen LogP contribution in [0.2, 0.25) is 0 Å². The van der Waals surface area contributed by atoms with E-state index in [4.69, 9.17) is 5.73 Å². The number of benzene rings is 1. The quantitative estimate of drug-likeness (QED) is 0.943. The summed E-state index contributed by atoms with van der Waals surface area (Å²) in [5.74, 6) is 0. The lowest BCUT2D eigenvalue weighted by atomic mass is 10.1. The Hall–Kier alpha value is -1.36. The van der Waals surface area contributed by atoms with Gasteiger partial charge in [-0.2, -0.15) is 5.10 Å². The van der Waals surface area contributed by atoms with Gasteiger partial charge in [0.15, 0.2) is 0 Å². The number of halogens is 1. The summed E-state index contributed by atoms with van der Waals surface area (Å²) in [5.41, 5.74) is 8.38. The Balaban J connectivity index is 0.00000147. The molecule has 0 bridgehead atoms. The normalized spacial score (nSPS) is 19.6. The minimum absolute atomic E-state index is 0. The number of nitrogens with two attached hydrogens (primary N) is 1. The fourth-order valence-electron chi connectivity index (χ4n) is 2.72. The minimum atomic E-state index is 0. The van der Waals surface area contributed by atoms with Gasteiger partial charge in [0.2, 0.25) is 0 Å². The number of hydrogen-bond donors (Lipinski definition) is 1. The molecule has 4 nitrogen and oxygen atoms in total. The van der Waals surface area contributed by atoms with Crippen LogP contribution in [0.3, 0.4) is 0 Å². The van der Waals surface area contributed by atoms with Crippen molar-refractivity contribution in [2.24, 2.45) is 5.73 Å². The molecular weight excluding hydrogens is 272 g/mol. The van der Waals surface area contributed by atoms with Gasteiger partial charge in [-0.3, -0.25) is 4.90 Å². The van der Waals surface area contributed by atoms with Crippen molar-refractivity contribution in [3.8, 4) is 5.69 Å². The number of likely N-dealkylation sites (tertiary alicyclic amines) is 1. The molecule has 0 spiro atoms. The van der Waals surface area contributed by atoms with Crippen LogP contribution in [-0.4, -0.2) is 33.8 Å². The predicted molar refractivity (Wildman–Crippen MR) is 83.3 cm³/mol. The van der Waals surface area contributed by atoms with E-state index in [0.717, 1.165) is 31.7 Å². The highest BCUT2D eigenvalue weighted by molar-refractivity contribution is 5.85. The number of piperidine rings is 1. The van der Waals surface area contributed by atoms with Gasteiger partial charge in [0.1, 0.15) is 0 Å². The van der Waals surface area contributed by atoms with E-state index in [0.29, 0.717) is 6.04 Å². The first-order chi connectivity index (χ1) is 9.33. The third-order valence-corrected chi connectivity index (χ3v) is 3.65. The summed E-state index contributed by atoms with van der Waals surface area (Å²) < 4.78 is 2.01. The Labute approximate surface area is 126 Å². The van der Waals surface area contributed by atoms with Crippen molar-refractivity contribution in [1.29, 1.82) is 0 Å². The van der Waals surface area contributed by atoms with Crippen molar-refractivity contribution in [3.63, 3.8) is 0 Å². The Kier molecular flexibility index (Phi) is 5.17. The summed E-state index contributed by atoms with van der Waals surface area (Å²) in [7, 11) is 0. The molecular formula is C15H21ClN4. The molecule has 0 radical (unpaired) electrons. The largest absolute Gasteiger partial charge is 0.327 e. The molecule has 1 aliphatic heterocycles. The first-order valence-electron chi connectivity index (χ1n) is 6.89. The predicted octanol–water partition coefficient (Wildman–Crippen LogP) is 2.22. The Morgan fingerprint density at radius 3 is 2.75 bits per heavy atom. The highest BCUT2D eigenvalue weighted by Gasteiger charge is 2.18. The van der Waals surface area contributed by atoms with Crippen LogP contribution in [0.5, 0.6) is 0 Å². The van der Waals surface area contributed by atoms with Crippen LogP contribution in [0.1, 0.15) is 18.5 Å². The molecule has 20 heavy (non-hydrogen) atoms. The van der Waals surface area contributed by atoms with Gasteiger partial charge in [0, 0.05) is 25.3 Å². The minimum Gasteiger partial charge on any atom is -0.327 e. The van der Waals surface area contributed by atoms with E-state index in [2.05, 4.69) is 28.2 Å². The maximum absolute atomic E-state index is 6.04. The molecule has 0 amide bonds. The third kappa shape index (κ3) is 3.39. The van der Waals surface area contributed by atoms with E-state index in [1.54, 1.807) is 0 Å². The molecule has 108 valence electrons. The maximum Gasteiger partial charge on any atom is 0.0649 e. The molecule has 5 heteroatoms.